The van der Waals surface area contributed by atoms with Crippen molar-refractivity contribution in [3.05, 3.63) is 23.8 Å². The number of β-amino-alcohol motifs (C(OH)–C–C–N with tert-alkyl or cyclic N) is 1. The number of methoxy groups -OCH3 is 1. The highest BCUT2D eigenvalue weighted by Crippen LogP contribution is 2.30. The number of alkyl halides is 3. The minimum atomic E-state index is -4.83. The molecular formula is C12H12F3NO5. The van der Waals surface area contributed by atoms with E-state index in [1.165, 1.54) is 7.11 Å². The summed E-state index contributed by atoms with van der Waals surface area (Å²) in [5.74, 6) is -1.22. The lowest BCUT2D eigenvalue weighted by atomic mass is 10.1. The predicted octanol–water partition coefficient (Wildman–Crippen LogP) is 1.34. The Balaban J connectivity index is 2.22. The molecule has 21 heavy (non-hydrogen) atoms. The van der Waals surface area contributed by atoms with Crippen LogP contribution in [-0.4, -0.2) is 48.8 Å². The number of carbonyl (C=O) groups excluding carboxylic acids is 1. The highest BCUT2D eigenvalue weighted by Gasteiger charge is 2.32. The van der Waals surface area contributed by atoms with E-state index < -0.39 is 24.1 Å². The fourth-order valence-electron chi connectivity index (χ4n) is 1.79. The molecule has 1 amide bonds. The Bertz CT molecular complexity index is 534. The van der Waals surface area contributed by atoms with Gasteiger partial charge in [0.15, 0.2) is 0 Å². The molecule has 0 spiro atoms. The number of amides is 1. The molecule has 1 heterocycles. The highest BCUT2D eigenvalue weighted by atomic mass is 19.4. The Hall–Kier alpha value is -2.00. The van der Waals surface area contributed by atoms with Crippen molar-refractivity contribution in [3.8, 4) is 11.5 Å². The molecule has 0 bridgehead atoms. The van der Waals surface area contributed by atoms with Gasteiger partial charge in [0.1, 0.15) is 24.2 Å². The zero-order valence-corrected chi connectivity index (χ0v) is 10.9. The summed E-state index contributed by atoms with van der Waals surface area (Å²) in [6, 6.07) is 3.08. The van der Waals surface area contributed by atoms with Crippen LogP contribution in [0.15, 0.2) is 18.2 Å². The lowest BCUT2D eigenvalue weighted by Crippen LogP contribution is -2.28. The number of benzene rings is 1. The van der Waals surface area contributed by atoms with E-state index in [2.05, 4.69) is 4.74 Å². The average molecular weight is 307 g/mol. The molecule has 0 aromatic heterocycles. The second-order valence-corrected chi connectivity index (χ2v) is 4.23. The summed E-state index contributed by atoms with van der Waals surface area (Å²) in [7, 11) is 1.21. The molecule has 9 heteroatoms. The number of hydrogen-bond donors (Lipinski definition) is 1. The van der Waals surface area contributed by atoms with E-state index >= 15 is 0 Å². The molecule has 116 valence electrons. The number of hydroxylamine groups is 2. The highest BCUT2D eigenvalue weighted by molar-refractivity contribution is 5.96. The standard InChI is InChI=1S/C12H12F3NO5/c1-19-10-4-8(21-12(13,14)15)2-3-9(10)11(18)16-5-7(17)6-20-16/h2-4,7,17H,5-6H2,1H3/t7-/m1/s1. The number of rotatable bonds is 3. The van der Waals surface area contributed by atoms with Gasteiger partial charge in [-0.2, -0.15) is 0 Å². The van der Waals surface area contributed by atoms with Crippen molar-refractivity contribution >= 4 is 5.91 Å². The molecule has 0 radical (unpaired) electrons. The van der Waals surface area contributed by atoms with Gasteiger partial charge in [0.05, 0.1) is 19.2 Å². The van der Waals surface area contributed by atoms with Gasteiger partial charge in [-0.05, 0) is 12.1 Å². The molecule has 1 aromatic carbocycles. The summed E-state index contributed by atoms with van der Waals surface area (Å²) in [6.07, 6.45) is -5.63. The van der Waals surface area contributed by atoms with E-state index in [1.807, 2.05) is 0 Å². The Morgan fingerprint density at radius 3 is 2.71 bits per heavy atom. The number of ether oxygens (including phenoxy) is 2. The molecule has 0 aliphatic carbocycles. The van der Waals surface area contributed by atoms with Crippen LogP contribution in [-0.2, 0) is 4.84 Å². The fraction of sp³-hybridized carbons (Fsp3) is 0.417. The Kier molecular flexibility index (Phi) is 4.24. The molecule has 0 saturated carbocycles. The quantitative estimate of drug-likeness (QED) is 0.913. The van der Waals surface area contributed by atoms with Crippen molar-refractivity contribution in [2.75, 3.05) is 20.3 Å². The van der Waals surface area contributed by atoms with Crippen molar-refractivity contribution < 1.29 is 37.4 Å². The molecule has 1 N–H and O–H groups in total. The molecule has 0 unspecified atom stereocenters. The van der Waals surface area contributed by atoms with E-state index in [4.69, 9.17) is 9.57 Å². The molecule has 1 fully saturated rings. The lowest BCUT2D eigenvalue weighted by Gasteiger charge is -2.17. The van der Waals surface area contributed by atoms with E-state index in [9.17, 15) is 23.1 Å². The van der Waals surface area contributed by atoms with Gasteiger partial charge < -0.3 is 14.6 Å². The van der Waals surface area contributed by atoms with Crippen LogP contribution < -0.4 is 9.47 Å². The third-order valence-corrected chi connectivity index (χ3v) is 2.66. The van der Waals surface area contributed by atoms with Gasteiger partial charge in [0, 0.05) is 6.07 Å². The molecule has 1 saturated heterocycles. The van der Waals surface area contributed by atoms with Crippen LogP contribution in [0, 0.1) is 0 Å². The van der Waals surface area contributed by atoms with E-state index in [0.29, 0.717) is 0 Å². The Morgan fingerprint density at radius 2 is 2.19 bits per heavy atom. The maximum absolute atomic E-state index is 12.1. The molecule has 1 aliphatic rings. The number of hydrogen-bond acceptors (Lipinski definition) is 5. The first-order valence-electron chi connectivity index (χ1n) is 5.87. The SMILES string of the molecule is COc1cc(OC(F)(F)F)ccc1C(=O)N1C[C@@H](O)CO1. The largest absolute Gasteiger partial charge is 0.573 e. The molecular weight excluding hydrogens is 295 g/mol. The topological polar surface area (TPSA) is 68.2 Å². The summed E-state index contributed by atoms with van der Waals surface area (Å²) in [5.41, 5.74) is 0.00104. The number of nitrogens with zero attached hydrogens (tertiary/aromatic N) is 1. The van der Waals surface area contributed by atoms with Gasteiger partial charge in [-0.3, -0.25) is 9.63 Å². The van der Waals surface area contributed by atoms with Crippen LogP contribution in [0.1, 0.15) is 10.4 Å². The minimum Gasteiger partial charge on any atom is -0.496 e. The van der Waals surface area contributed by atoms with Gasteiger partial charge in [0.2, 0.25) is 0 Å². The smallest absolute Gasteiger partial charge is 0.496 e. The second kappa shape index (κ2) is 5.78. The first kappa shape index (κ1) is 15.4. The second-order valence-electron chi connectivity index (χ2n) is 4.23. The maximum atomic E-state index is 12.1. The number of carbonyl (C=O) groups is 1. The van der Waals surface area contributed by atoms with Crippen molar-refractivity contribution in [1.82, 2.24) is 5.06 Å². The van der Waals surface area contributed by atoms with E-state index in [0.717, 1.165) is 23.3 Å². The Morgan fingerprint density at radius 1 is 1.48 bits per heavy atom. The first-order chi connectivity index (χ1) is 9.80. The van der Waals surface area contributed by atoms with Gasteiger partial charge in [-0.15, -0.1) is 13.2 Å². The van der Waals surface area contributed by atoms with Gasteiger partial charge in [-0.1, -0.05) is 0 Å². The number of aliphatic hydroxyl groups excluding tert-OH is 1. The molecule has 6 nitrogen and oxygen atoms in total. The van der Waals surface area contributed by atoms with Gasteiger partial charge >= 0.3 is 6.36 Å². The van der Waals surface area contributed by atoms with Crippen LogP contribution in [0.2, 0.25) is 0 Å². The fourth-order valence-corrected chi connectivity index (χ4v) is 1.79. The third-order valence-electron chi connectivity index (χ3n) is 2.66. The monoisotopic (exact) mass is 307 g/mol. The third kappa shape index (κ3) is 3.76. The normalized spacial score (nSPS) is 18.7. The van der Waals surface area contributed by atoms with Crippen molar-refractivity contribution in [3.63, 3.8) is 0 Å². The van der Waals surface area contributed by atoms with Crippen LogP contribution in [0.5, 0.6) is 11.5 Å². The summed E-state index contributed by atoms with van der Waals surface area (Å²) in [6.45, 7) is -0.0495. The minimum absolute atomic E-state index is 0.00104. The van der Waals surface area contributed by atoms with Crippen LogP contribution >= 0.6 is 0 Å². The lowest BCUT2D eigenvalue weighted by molar-refractivity contribution is -0.274. The molecule has 1 aliphatic heterocycles. The zero-order valence-electron chi connectivity index (χ0n) is 10.9. The summed E-state index contributed by atoms with van der Waals surface area (Å²) in [4.78, 5) is 17.1. The summed E-state index contributed by atoms with van der Waals surface area (Å²) in [5, 5.41) is 10.2. The van der Waals surface area contributed by atoms with Crippen LogP contribution in [0.25, 0.3) is 0 Å². The first-order valence-corrected chi connectivity index (χ1v) is 5.87. The van der Waals surface area contributed by atoms with Crippen LogP contribution in [0.3, 0.4) is 0 Å². The van der Waals surface area contributed by atoms with Crippen molar-refractivity contribution in [1.29, 1.82) is 0 Å². The number of halogens is 3. The van der Waals surface area contributed by atoms with Crippen molar-refractivity contribution in [2.45, 2.75) is 12.5 Å². The van der Waals surface area contributed by atoms with E-state index in [1.54, 1.807) is 0 Å². The van der Waals surface area contributed by atoms with E-state index in [-0.39, 0.29) is 24.5 Å². The van der Waals surface area contributed by atoms with Gasteiger partial charge in [-0.25, -0.2) is 5.06 Å². The zero-order chi connectivity index (χ0) is 15.6. The summed E-state index contributed by atoms with van der Waals surface area (Å²) < 4.78 is 45.1. The molecule has 2 rings (SSSR count). The van der Waals surface area contributed by atoms with Crippen molar-refractivity contribution in [2.24, 2.45) is 0 Å². The average Bonchev–Trinajstić information content (AvgIpc) is 2.82. The van der Waals surface area contributed by atoms with Gasteiger partial charge in [0.25, 0.3) is 5.91 Å². The molecule has 1 atom stereocenters. The predicted molar refractivity (Wildman–Crippen MR) is 62.7 cm³/mol. The summed E-state index contributed by atoms with van der Waals surface area (Å²) >= 11 is 0. The maximum Gasteiger partial charge on any atom is 0.573 e. The number of aliphatic hydroxyl groups is 1. The molecule has 1 aromatic rings. The van der Waals surface area contributed by atoms with Crippen LogP contribution in [0.4, 0.5) is 13.2 Å². The Labute approximate surface area is 117 Å².